The third-order valence-electron chi connectivity index (χ3n) is 4.40. The summed E-state index contributed by atoms with van der Waals surface area (Å²) in [6, 6.07) is 13.9. The smallest absolute Gasteiger partial charge is 0.264 e. The van der Waals surface area contributed by atoms with Crippen LogP contribution in [0.15, 0.2) is 42.0 Å². The zero-order chi connectivity index (χ0) is 18.5. The number of carbonyl (C=O) groups is 1. The molecule has 3 rings (SSSR count). The summed E-state index contributed by atoms with van der Waals surface area (Å²) in [7, 11) is 1.65. The van der Waals surface area contributed by atoms with Crippen LogP contribution in [-0.4, -0.2) is 44.1 Å². The Morgan fingerprint density at radius 2 is 1.85 bits per heavy atom. The molecule has 6 heteroatoms. The summed E-state index contributed by atoms with van der Waals surface area (Å²) in [5, 5.41) is 9.39. The van der Waals surface area contributed by atoms with E-state index in [1.165, 1.54) is 0 Å². The number of nitrogens with zero attached hydrogens (tertiary/aromatic N) is 3. The minimum absolute atomic E-state index is 0.187. The maximum atomic E-state index is 12.7. The largest absolute Gasteiger partial charge is 0.497 e. The zero-order valence-electron chi connectivity index (χ0n) is 14.9. The number of benzene rings is 1. The van der Waals surface area contributed by atoms with Crippen LogP contribution in [0, 0.1) is 18.3 Å². The quantitative estimate of drug-likeness (QED) is 0.614. The fourth-order valence-electron chi connectivity index (χ4n) is 2.95. The summed E-state index contributed by atoms with van der Waals surface area (Å²) < 4.78 is 5.19. The van der Waals surface area contributed by atoms with Crippen molar-refractivity contribution in [3.05, 3.63) is 51.7 Å². The lowest BCUT2D eigenvalue weighted by molar-refractivity contribution is -0.126. The number of anilines is 1. The van der Waals surface area contributed by atoms with Gasteiger partial charge in [0.15, 0.2) is 0 Å². The van der Waals surface area contributed by atoms with E-state index in [0.29, 0.717) is 13.1 Å². The third kappa shape index (κ3) is 4.06. The van der Waals surface area contributed by atoms with Crippen molar-refractivity contribution in [3.8, 4) is 11.8 Å². The van der Waals surface area contributed by atoms with Crippen LogP contribution in [0.5, 0.6) is 5.75 Å². The molecule has 0 aliphatic carbocycles. The molecule has 1 fully saturated rings. The zero-order valence-corrected chi connectivity index (χ0v) is 15.8. The van der Waals surface area contributed by atoms with Crippen LogP contribution in [-0.2, 0) is 4.79 Å². The molecule has 1 aliphatic rings. The number of piperazine rings is 1. The van der Waals surface area contributed by atoms with Crippen molar-refractivity contribution >= 4 is 29.0 Å². The van der Waals surface area contributed by atoms with Gasteiger partial charge in [-0.2, -0.15) is 5.26 Å². The Morgan fingerprint density at radius 3 is 2.38 bits per heavy atom. The monoisotopic (exact) mass is 367 g/mol. The van der Waals surface area contributed by atoms with E-state index in [9.17, 15) is 10.1 Å². The SMILES string of the molecule is COc1ccc(N2CCN(C(=O)/C(C#N)=C/c3ccc(C)s3)CC2)cc1. The van der Waals surface area contributed by atoms with Gasteiger partial charge in [0.25, 0.3) is 5.91 Å². The summed E-state index contributed by atoms with van der Waals surface area (Å²) in [6.45, 7) is 4.71. The predicted octanol–water partition coefficient (Wildman–Crippen LogP) is 3.32. The van der Waals surface area contributed by atoms with Gasteiger partial charge in [-0.15, -0.1) is 11.3 Å². The third-order valence-corrected chi connectivity index (χ3v) is 5.35. The number of ether oxygens (including phenoxy) is 1. The second kappa shape index (κ2) is 8.07. The van der Waals surface area contributed by atoms with Crippen LogP contribution in [0.3, 0.4) is 0 Å². The number of aryl methyl sites for hydroxylation is 1. The number of hydrogen-bond acceptors (Lipinski definition) is 5. The second-order valence-electron chi connectivity index (χ2n) is 6.10. The van der Waals surface area contributed by atoms with E-state index in [-0.39, 0.29) is 11.5 Å². The fraction of sp³-hybridized carbons (Fsp3) is 0.300. The van der Waals surface area contributed by atoms with Gasteiger partial charge >= 0.3 is 0 Å². The first kappa shape index (κ1) is 18.0. The van der Waals surface area contributed by atoms with Crippen LogP contribution < -0.4 is 9.64 Å². The molecule has 2 aromatic rings. The molecule has 0 atom stereocenters. The molecule has 0 radical (unpaired) electrons. The van der Waals surface area contributed by atoms with Gasteiger partial charge in [0.2, 0.25) is 0 Å². The summed E-state index contributed by atoms with van der Waals surface area (Å²) in [4.78, 5) is 18.8. The Kier molecular flexibility index (Phi) is 5.59. The van der Waals surface area contributed by atoms with Crippen LogP contribution in [0.4, 0.5) is 5.69 Å². The molecular weight excluding hydrogens is 346 g/mol. The number of thiophene rings is 1. The van der Waals surface area contributed by atoms with Gasteiger partial charge in [0.05, 0.1) is 7.11 Å². The normalized spacial score (nSPS) is 14.9. The van der Waals surface area contributed by atoms with E-state index in [4.69, 9.17) is 4.74 Å². The number of nitriles is 1. The van der Waals surface area contributed by atoms with E-state index in [2.05, 4.69) is 11.0 Å². The fourth-order valence-corrected chi connectivity index (χ4v) is 3.77. The lowest BCUT2D eigenvalue weighted by Crippen LogP contribution is -2.49. The predicted molar refractivity (Wildman–Crippen MR) is 104 cm³/mol. The summed E-state index contributed by atoms with van der Waals surface area (Å²) >= 11 is 1.58. The Balaban J connectivity index is 1.63. The molecular formula is C20H21N3O2S. The standard InChI is InChI=1S/C20H21N3O2S/c1-15-3-8-19(26-15)13-16(14-21)20(24)23-11-9-22(10-12-23)17-4-6-18(25-2)7-5-17/h3-8,13H,9-12H2,1-2H3/b16-13+. The molecule has 134 valence electrons. The number of methoxy groups -OCH3 is 1. The van der Waals surface area contributed by atoms with Crippen molar-refractivity contribution < 1.29 is 9.53 Å². The Bertz CT molecular complexity index is 841. The van der Waals surface area contributed by atoms with Gasteiger partial charge in [-0.3, -0.25) is 4.79 Å². The van der Waals surface area contributed by atoms with Crippen molar-refractivity contribution in [2.75, 3.05) is 38.2 Å². The number of hydrogen-bond donors (Lipinski definition) is 0. The summed E-state index contributed by atoms with van der Waals surface area (Å²) in [5.74, 6) is 0.642. The molecule has 0 saturated carbocycles. The molecule has 5 nitrogen and oxygen atoms in total. The van der Waals surface area contributed by atoms with Crippen molar-refractivity contribution in [2.45, 2.75) is 6.92 Å². The molecule has 1 aromatic carbocycles. The second-order valence-corrected chi connectivity index (χ2v) is 7.41. The van der Waals surface area contributed by atoms with Gasteiger partial charge in [-0.1, -0.05) is 0 Å². The average Bonchev–Trinajstić information content (AvgIpc) is 3.10. The molecule has 2 heterocycles. The molecule has 1 aliphatic heterocycles. The maximum Gasteiger partial charge on any atom is 0.264 e. The van der Waals surface area contributed by atoms with E-state index in [0.717, 1.165) is 34.3 Å². The first-order valence-corrected chi connectivity index (χ1v) is 9.29. The molecule has 0 spiro atoms. The maximum absolute atomic E-state index is 12.7. The Labute approximate surface area is 157 Å². The highest BCUT2D eigenvalue weighted by molar-refractivity contribution is 7.12. The number of carbonyl (C=O) groups excluding carboxylic acids is 1. The molecule has 26 heavy (non-hydrogen) atoms. The van der Waals surface area contributed by atoms with Gasteiger partial charge in [0, 0.05) is 41.6 Å². The van der Waals surface area contributed by atoms with Crippen LogP contribution in [0.2, 0.25) is 0 Å². The minimum Gasteiger partial charge on any atom is -0.497 e. The van der Waals surface area contributed by atoms with Crippen molar-refractivity contribution in [3.63, 3.8) is 0 Å². The highest BCUT2D eigenvalue weighted by atomic mass is 32.1. The van der Waals surface area contributed by atoms with Gasteiger partial charge in [0.1, 0.15) is 17.4 Å². The molecule has 0 N–H and O–H groups in total. The number of rotatable bonds is 4. The van der Waals surface area contributed by atoms with E-state index < -0.39 is 0 Å². The topological polar surface area (TPSA) is 56.6 Å². The van der Waals surface area contributed by atoms with Crippen LogP contribution in [0.25, 0.3) is 6.08 Å². The van der Waals surface area contributed by atoms with E-state index in [1.807, 2.05) is 43.3 Å². The summed E-state index contributed by atoms with van der Waals surface area (Å²) in [6.07, 6.45) is 1.69. The number of amides is 1. The van der Waals surface area contributed by atoms with E-state index >= 15 is 0 Å². The highest BCUT2D eigenvalue weighted by Crippen LogP contribution is 2.22. The highest BCUT2D eigenvalue weighted by Gasteiger charge is 2.24. The summed E-state index contributed by atoms with van der Waals surface area (Å²) in [5.41, 5.74) is 1.31. The molecule has 1 aromatic heterocycles. The molecule has 0 unspecified atom stereocenters. The van der Waals surface area contributed by atoms with Crippen LogP contribution >= 0.6 is 11.3 Å². The molecule has 1 amide bonds. The molecule has 0 bridgehead atoms. The van der Waals surface area contributed by atoms with Gasteiger partial charge < -0.3 is 14.5 Å². The van der Waals surface area contributed by atoms with Crippen molar-refractivity contribution in [2.24, 2.45) is 0 Å². The van der Waals surface area contributed by atoms with Gasteiger partial charge in [-0.05, 0) is 49.4 Å². The van der Waals surface area contributed by atoms with Crippen molar-refractivity contribution in [1.82, 2.24) is 4.90 Å². The lowest BCUT2D eigenvalue weighted by atomic mass is 10.2. The average molecular weight is 367 g/mol. The van der Waals surface area contributed by atoms with Crippen LogP contribution in [0.1, 0.15) is 9.75 Å². The minimum atomic E-state index is -0.187. The Morgan fingerprint density at radius 1 is 1.15 bits per heavy atom. The Hall–Kier alpha value is -2.78. The first-order chi connectivity index (χ1) is 12.6. The van der Waals surface area contributed by atoms with Crippen molar-refractivity contribution in [1.29, 1.82) is 5.26 Å². The van der Waals surface area contributed by atoms with Gasteiger partial charge in [-0.25, -0.2) is 0 Å². The lowest BCUT2D eigenvalue weighted by Gasteiger charge is -2.36. The first-order valence-electron chi connectivity index (χ1n) is 8.47. The van der Waals surface area contributed by atoms with E-state index in [1.54, 1.807) is 29.4 Å². The molecule has 1 saturated heterocycles.